The van der Waals surface area contributed by atoms with Crippen LogP contribution in [0.25, 0.3) is 0 Å². The van der Waals surface area contributed by atoms with Crippen molar-refractivity contribution in [2.75, 3.05) is 6.61 Å². The van der Waals surface area contributed by atoms with Crippen molar-refractivity contribution in [3.05, 3.63) is 29.8 Å². The van der Waals surface area contributed by atoms with Crippen molar-refractivity contribution in [2.45, 2.75) is 0 Å². The topological polar surface area (TPSA) is 76.2 Å². The van der Waals surface area contributed by atoms with Crippen LogP contribution in [-0.2, 0) is 4.79 Å². The van der Waals surface area contributed by atoms with E-state index in [9.17, 15) is 4.79 Å². The van der Waals surface area contributed by atoms with Crippen molar-refractivity contribution in [1.82, 2.24) is 0 Å². The molecule has 0 saturated carbocycles. The lowest BCUT2D eigenvalue weighted by Crippen LogP contribution is -2.10. The summed E-state index contributed by atoms with van der Waals surface area (Å²) in [6.45, 7) is 0.0411. The van der Waals surface area contributed by atoms with Crippen molar-refractivity contribution in [3.63, 3.8) is 0 Å². The van der Waals surface area contributed by atoms with E-state index >= 15 is 0 Å². The molecule has 0 radical (unpaired) electrons. The van der Waals surface area contributed by atoms with Gasteiger partial charge in [0.25, 0.3) is 0 Å². The first kappa shape index (κ1) is 9.25. The van der Waals surface area contributed by atoms with Crippen LogP contribution in [0.2, 0.25) is 0 Å². The number of hydrogen-bond acceptors (Lipinski definition) is 3. The minimum atomic E-state index is 0.0157. The van der Waals surface area contributed by atoms with Crippen molar-refractivity contribution in [2.24, 2.45) is 5.73 Å². The maximum Gasteiger partial charge on any atom is 0.157 e. The monoisotopic (exact) mass is 178 g/mol. The second-order valence-corrected chi connectivity index (χ2v) is 2.42. The highest BCUT2D eigenvalue weighted by molar-refractivity contribution is 5.94. The summed E-state index contributed by atoms with van der Waals surface area (Å²) >= 11 is 0. The molecule has 1 aromatic carbocycles. The van der Waals surface area contributed by atoms with Crippen molar-refractivity contribution in [1.29, 1.82) is 5.41 Å². The molecule has 0 saturated heterocycles. The number of carbonyl (C=O) groups is 1. The zero-order chi connectivity index (χ0) is 9.68. The fourth-order valence-corrected chi connectivity index (χ4v) is 0.861. The molecule has 1 aromatic rings. The summed E-state index contributed by atoms with van der Waals surface area (Å²) in [5, 5.41) is 7.12. The van der Waals surface area contributed by atoms with E-state index in [-0.39, 0.29) is 12.4 Å². The molecule has 0 atom stereocenters. The third-order valence-electron chi connectivity index (χ3n) is 1.48. The quantitative estimate of drug-likeness (QED) is 0.401. The van der Waals surface area contributed by atoms with Crippen LogP contribution in [0.5, 0.6) is 5.75 Å². The van der Waals surface area contributed by atoms with Gasteiger partial charge in [-0.3, -0.25) is 10.2 Å². The van der Waals surface area contributed by atoms with E-state index in [4.69, 9.17) is 15.9 Å². The maximum absolute atomic E-state index is 9.97. The minimum Gasteiger partial charge on any atom is -0.486 e. The molecule has 0 heterocycles. The average Bonchev–Trinajstić information content (AvgIpc) is 2.15. The van der Waals surface area contributed by atoms with E-state index in [0.717, 1.165) is 0 Å². The second kappa shape index (κ2) is 4.25. The molecule has 0 aliphatic rings. The summed E-state index contributed by atoms with van der Waals surface area (Å²) in [5.41, 5.74) is 5.89. The molecule has 0 unspecified atom stereocenters. The van der Waals surface area contributed by atoms with Crippen LogP contribution in [0, 0.1) is 5.41 Å². The van der Waals surface area contributed by atoms with Gasteiger partial charge in [-0.05, 0) is 24.3 Å². The molecule has 3 N–H and O–H groups in total. The number of amidine groups is 1. The lowest BCUT2D eigenvalue weighted by molar-refractivity contribution is -0.109. The van der Waals surface area contributed by atoms with E-state index < -0.39 is 0 Å². The van der Waals surface area contributed by atoms with Crippen molar-refractivity contribution < 1.29 is 9.53 Å². The summed E-state index contributed by atoms with van der Waals surface area (Å²) < 4.78 is 5.01. The molecule has 0 aliphatic carbocycles. The third kappa shape index (κ3) is 2.59. The normalized spacial score (nSPS) is 9.23. The van der Waals surface area contributed by atoms with Gasteiger partial charge in [0.15, 0.2) is 6.29 Å². The number of hydrogen-bond donors (Lipinski definition) is 2. The zero-order valence-electron chi connectivity index (χ0n) is 6.99. The molecular weight excluding hydrogens is 168 g/mol. The van der Waals surface area contributed by atoms with Gasteiger partial charge >= 0.3 is 0 Å². The Labute approximate surface area is 75.8 Å². The zero-order valence-corrected chi connectivity index (χ0v) is 6.99. The first-order valence-corrected chi connectivity index (χ1v) is 3.75. The van der Waals surface area contributed by atoms with Gasteiger partial charge in [0, 0.05) is 5.56 Å². The van der Waals surface area contributed by atoms with Crippen LogP contribution in [0.1, 0.15) is 5.56 Å². The Bertz CT molecular complexity index is 306. The summed E-state index contributed by atoms with van der Waals surface area (Å²) in [6.07, 6.45) is 0.679. The van der Waals surface area contributed by atoms with E-state index in [1.54, 1.807) is 24.3 Å². The van der Waals surface area contributed by atoms with E-state index in [0.29, 0.717) is 17.6 Å². The molecule has 13 heavy (non-hydrogen) atoms. The van der Waals surface area contributed by atoms with Gasteiger partial charge in [0.1, 0.15) is 18.2 Å². The van der Waals surface area contributed by atoms with Gasteiger partial charge in [0.2, 0.25) is 0 Å². The first-order chi connectivity index (χ1) is 6.24. The van der Waals surface area contributed by atoms with Gasteiger partial charge in [-0.1, -0.05) is 0 Å². The molecule has 4 heteroatoms. The minimum absolute atomic E-state index is 0.0157. The number of rotatable bonds is 4. The summed E-state index contributed by atoms with van der Waals surface area (Å²) in [6, 6.07) is 6.67. The SMILES string of the molecule is N=C(N)c1ccc(OCC=O)cc1. The Kier molecular flexibility index (Phi) is 3.03. The van der Waals surface area contributed by atoms with E-state index in [2.05, 4.69) is 0 Å². The largest absolute Gasteiger partial charge is 0.486 e. The standard InChI is InChI=1S/C9H10N2O2/c10-9(11)7-1-3-8(4-2-7)13-6-5-12/h1-5H,6H2,(H3,10,11). The van der Waals surface area contributed by atoms with Crippen LogP contribution in [0.4, 0.5) is 0 Å². The average molecular weight is 178 g/mol. The number of nitrogens with two attached hydrogens (primary N) is 1. The number of nitrogen functional groups attached to an aromatic ring is 1. The molecule has 0 bridgehead atoms. The number of ether oxygens (including phenoxy) is 1. The number of carbonyl (C=O) groups excluding carboxylic acids is 1. The fourth-order valence-electron chi connectivity index (χ4n) is 0.861. The Balaban J connectivity index is 2.69. The highest BCUT2D eigenvalue weighted by atomic mass is 16.5. The molecule has 0 aliphatic heterocycles. The molecule has 0 aromatic heterocycles. The first-order valence-electron chi connectivity index (χ1n) is 3.75. The third-order valence-corrected chi connectivity index (χ3v) is 1.48. The highest BCUT2D eigenvalue weighted by Gasteiger charge is 1.96. The van der Waals surface area contributed by atoms with E-state index in [1.807, 2.05) is 0 Å². The molecule has 1 rings (SSSR count). The van der Waals surface area contributed by atoms with Gasteiger partial charge < -0.3 is 10.5 Å². The summed E-state index contributed by atoms with van der Waals surface area (Å²) in [4.78, 5) is 9.97. The molecule has 0 amide bonds. The molecular formula is C9H10N2O2. The Morgan fingerprint density at radius 2 is 2.08 bits per heavy atom. The summed E-state index contributed by atoms with van der Waals surface area (Å²) in [5.74, 6) is 0.610. The van der Waals surface area contributed by atoms with Crippen LogP contribution in [-0.4, -0.2) is 18.7 Å². The molecule has 0 spiro atoms. The van der Waals surface area contributed by atoms with Crippen LogP contribution in [0.15, 0.2) is 24.3 Å². The molecule has 68 valence electrons. The predicted octanol–water partition coefficient (Wildman–Crippen LogP) is 0.548. The summed E-state index contributed by atoms with van der Waals surface area (Å²) in [7, 11) is 0. The Morgan fingerprint density at radius 3 is 2.54 bits per heavy atom. The smallest absolute Gasteiger partial charge is 0.157 e. The molecule has 0 fully saturated rings. The second-order valence-electron chi connectivity index (χ2n) is 2.42. The van der Waals surface area contributed by atoms with Crippen LogP contribution in [0.3, 0.4) is 0 Å². The Hall–Kier alpha value is -1.84. The van der Waals surface area contributed by atoms with Crippen molar-refractivity contribution >= 4 is 12.1 Å². The van der Waals surface area contributed by atoms with Gasteiger partial charge in [-0.15, -0.1) is 0 Å². The Morgan fingerprint density at radius 1 is 1.46 bits per heavy atom. The molecule has 4 nitrogen and oxygen atoms in total. The van der Waals surface area contributed by atoms with Gasteiger partial charge in [-0.25, -0.2) is 0 Å². The fraction of sp³-hybridized carbons (Fsp3) is 0.111. The lowest BCUT2D eigenvalue weighted by atomic mass is 10.2. The number of aldehydes is 1. The van der Waals surface area contributed by atoms with Crippen molar-refractivity contribution in [3.8, 4) is 5.75 Å². The van der Waals surface area contributed by atoms with Gasteiger partial charge in [-0.2, -0.15) is 0 Å². The predicted molar refractivity (Wildman–Crippen MR) is 49.0 cm³/mol. The maximum atomic E-state index is 9.97. The lowest BCUT2D eigenvalue weighted by Gasteiger charge is -2.02. The van der Waals surface area contributed by atoms with Gasteiger partial charge in [0.05, 0.1) is 0 Å². The number of benzene rings is 1. The van der Waals surface area contributed by atoms with Crippen LogP contribution < -0.4 is 10.5 Å². The highest BCUT2D eigenvalue weighted by Crippen LogP contribution is 2.11. The number of nitrogens with one attached hydrogen (secondary N) is 1. The van der Waals surface area contributed by atoms with Crippen LogP contribution >= 0.6 is 0 Å². The van der Waals surface area contributed by atoms with E-state index in [1.165, 1.54) is 0 Å².